The van der Waals surface area contributed by atoms with Gasteiger partial charge in [-0.15, -0.1) is 0 Å². The SMILES string of the molecule is Cc1cc([C@H]2[C@H](c3ccccn3)NC(=S)N2c2ccc(Oc3ccccc3)cc2)c(C)n1-c1ccccc1C(=O)O. The summed E-state index contributed by atoms with van der Waals surface area (Å²) in [6.07, 6.45) is 1.78. The molecule has 0 aliphatic carbocycles. The number of nitrogens with one attached hydrogen (secondary N) is 1. The molecule has 1 saturated heterocycles. The average Bonchev–Trinajstić information content (AvgIpc) is 3.49. The van der Waals surface area contributed by atoms with E-state index >= 15 is 0 Å². The number of aromatic nitrogens is 2. The molecule has 7 nitrogen and oxygen atoms in total. The Bertz CT molecular complexity index is 1720. The number of hydrogen-bond acceptors (Lipinski definition) is 4. The minimum absolute atomic E-state index is 0.229. The van der Waals surface area contributed by atoms with Gasteiger partial charge in [0.15, 0.2) is 5.11 Å². The number of aryl methyl sites for hydroxylation is 1. The Balaban J connectivity index is 1.44. The number of para-hydroxylation sites is 2. The van der Waals surface area contributed by atoms with Gasteiger partial charge in [0.25, 0.3) is 0 Å². The summed E-state index contributed by atoms with van der Waals surface area (Å²) in [6, 6.07) is 32.1. The molecule has 8 heteroatoms. The molecule has 1 aliphatic heterocycles. The summed E-state index contributed by atoms with van der Waals surface area (Å²) in [6.45, 7) is 4.01. The molecule has 0 unspecified atom stereocenters. The number of rotatable bonds is 7. The number of hydrogen-bond donors (Lipinski definition) is 2. The first kappa shape index (κ1) is 26.3. The Morgan fingerprint density at radius 1 is 0.902 bits per heavy atom. The molecule has 1 fully saturated rings. The van der Waals surface area contributed by atoms with Crippen molar-refractivity contribution >= 4 is 29.0 Å². The average molecular weight is 561 g/mol. The lowest BCUT2D eigenvalue weighted by atomic mass is 9.96. The molecule has 6 rings (SSSR count). The number of nitrogens with zero attached hydrogens (tertiary/aromatic N) is 3. The van der Waals surface area contributed by atoms with E-state index in [2.05, 4.69) is 21.3 Å². The first-order chi connectivity index (χ1) is 19.9. The van der Waals surface area contributed by atoms with E-state index in [0.717, 1.165) is 39.8 Å². The van der Waals surface area contributed by atoms with Crippen LogP contribution in [0.5, 0.6) is 11.5 Å². The van der Waals surface area contributed by atoms with Crippen LogP contribution < -0.4 is 15.0 Å². The monoisotopic (exact) mass is 560 g/mol. The van der Waals surface area contributed by atoms with Gasteiger partial charge in [-0.2, -0.15) is 0 Å². The second kappa shape index (κ2) is 10.9. The number of carboxylic acids is 1. The second-order valence-electron chi connectivity index (χ2n) is 9.89. The lowest BCUT2D eigenvalue weighted by Crippen LogP contribution is -2.29. The van der Waals surface area contributed by atoms with Crippen molar-refractivity contribution in [3.8, 4) is 17.2 Å². The van der Waals surface area contributed by atoms with Crippen LogP contribution in [0.25, 0.3) is 5.69 Å². The van der Waals surface area contributed by atoms with Crippen molar-refractivity contribution in [3.05, 3.63) is 138 Å². The molecule has 0 amide bonds. The molecule has 2 atom stereocenters. The molecule has 0 radical (unpaired) electrons. The molecule has 0 spiro atoms. The predicted molar refractivity (Wildman–Crippen MR) is 163 cm³/mol. The van der Waals surface area contributed by atoms with E-state index in [0.29, 0.717) is 10.8 Å². The minimum atomic E-state index is -0.968. The van der Waals surface area contributed by atoms with Crippen LogP contribution in [-0.4, -0.2) is 25.7 Å². The Kier molecular flexibility index (Phi) is 6.99. The van der Waals surface area contributed by atoms with E-state index in [1.54, 1.807) is 18.3 Å². The van der Waals surface area contributed by atoms with Gasteiger partial charge in [-0.1, -0.05) is 36.4 Å². The van der Waals surface area contributed by atoms with Gasteiger partial charge >= 0.3 is 5.97 Å². The first-order valence-corrected chi connectivity index (χ1v) is 13.7. The quantitative estimate of drug-likeness (QED) is 0.205. The number of carbonyl (C=O) groups is 1. The van der Waals surface area contributed by atoms with E-state index in [1.807, 2.05) is 103 Å². The highest BCUT2D eigenvalue weighted by Gasteiger charge is 2.42. The van der Waals surface area contributed by atoms with Crippen LogP contribution in [0.15, 0.2) is 109 Å². The fraction of sp³-hybridized carbons (Fsp3) is 0.121. The molecule has 2 aromatic heterocycles. The van der Waals surface area contributed by atoms with Gasteiger partial charge < -0.3 is 24.6 Å². The van der Waals surface area contributed by atoms with E-state index in [4.69, 9.17) is 17.0 Å². The third kappa shape index (κ3) is 4.94. The standard InChI is InChI=1S/C33H28N4O3S/c1-21-20-27(22(2)36(21)29-14-7-6-12-26(29)32(38)39)31-30(28-13-8-9-19-34-28)35-33(41)37(31)23-15-17-25(18-16-23)40-24-10-4-3-5-11-24/h3-20,30-31H,1-2H3,(H,35,41)(H,38,39)/t30-,31-/m0/s1. The fourth-order valence-electron chi connectivity index (χ4n) is 5.56. The fourth-order valence-corrected chi connectivity index (χ4v) is 5.90. The largest absolute Gasteiger partial charge is 0.478 e. The van der Waals surface area contributed by atoms with Crippen LogP contribution in [0.2, 0.25) is 0 Å². The van der Waals surface area contributed by atoms with Crippen molar-refractivity contribution in [2.45, 2.75) is 25.9 Å². The first-order valence-electron chi connectivity index (χ1n) is 13.3. The third-order valence-electron chi connectivity index (χ3n) is 7.36. The number of thiocarbonyl (C=S) groups is 1. The number of ether oxygens (including phenoxy) is 1. The maximum Gasteiger partial charge on any atom is 0.337 e. The van der Waals surface area contributed by atoms with Gasteiger partial charge in [-0.3, -0.25) is 4.98 Å². The predicted octanol–water partition coefficient (Wildman–Crippen LogP) is 7.16. The van der Waals surface area contributed by atoms with E-state index in [1.165, 1.54) is 0 Å². The summed E-state index contributed by atoms with van der Waals surface area (Å²) in [5.41, 5.74) is 5.52. The van der Waals surface area contributed by atoms with Gasteiger partial charge in [0.1, 0.15) is 11.5 Å². The van der Waals surface area contributed by atoms with Gasteiger partial charge in [0.2, 0.25) is 0 Å². The Labute approximate surface area is 243 Å². The second-order valence-corrected chi connectivity index (χ2v) is 10.3. The van der Waals surface area contributed by atoms with Crippen molar-refractivity contribution in [2.24, 2.45) is 0 Å². The maximum atomic E-state index is 12.1. The van der Waals surface area contributed by atoms with Gasteiger partial charge in [-0.05, 0) is 98.4 Å². The van der Waals surface area contributed by atoms with Gasteiger partial charge in [0, 0.05) is 23.3 Å². The molecule has 204 valence electrons. The lowest BCUT2D eigenvalue weighted by Gasteiger charge is -2.28. The topological polar surface area (TPSA) is 79.6 Å². The summed E-state index contributed by atoms with van der Waals surface area (Å²) >= 11 is 5.92. The molecular weight excluding hydrogens is 532 g/mol. The van der Waals surface area contributed by atoms with Gasteiger partial charge in [0.05, 0.1) is 29.0 Å². The number of aromatic carboxylic acids is 1. The molecule has 5 aromatic rings. The van der Waals surface area contributed by atoms with Crippen LogP contribution in [0, 0.1) is 13.8 Å². The molecule has 2 N–H and O–H groups in total. The van der Waals surface area contributed by atoms with Crippen LogP contribution in [0.3, 0.4) is 0 Å². The zero-order valence-corrected chi connectivity index (χ0v) is 23.4. The van der Waals surface area contributed by atoms with E-state index in [9.17, 15) is 9.90 Å². The number of pyridine rings is 1. The minimum Gasteiger partial charge on any atom is -0.478 e. The molecule has 41 heavy (non-hydrogen) atoms. The number of benzene rings is 3. The van der Waals surface area contributed by atoms with Gasteiger partial charge in [-0.25, -0.2) is 4.79 Å². The molecule has 1 aliphatic rings. The summed E-state index contributed by atoms with van der Waals surface area (Å²) < 4.78 is 8.02. The van der Waals surface area contributed by atoms with E-state index in [-0.39, 0.29) is 17.6 Å². The lowest BCUT2D eigenvalue weighted by molar-refractivity contribution is 0.0697. The molecule has 0 saturated carbocycles. The van der Waals surface area contributed by atoms with Crippen molar-refractivity contribution < 1.29 is 14.6 Å². The molecule has 3 aromatic carbocycles. The number of carboxylic acid groups (broad SMARTS) is 1. The van der Waals surface area contributed by atoms with Crippen LogP contribution in [0.4, 0.5) is 5.69 Å². The van der Waals surface area contributed by atoms with Crippen LogP contribution in [0.1, 0.15) is 45.1 Å². The Hall–Kier alpha value is -4.95. The van der Waals surface area contributed by atoms with Crippen LogP contribution >= 0.6 is 12.2 Å². The van der Waals surface area contributed by atoms with Crippen molar-refractivity contribution in [3.63, 3.8) is 0 Å². The van der Waals surface area contributed by atoms with E-state index < -0.39 is 5.97 Å². The van der Waals surface area contributed by atoms with Crippen molar-refractivity contribution in [1.82, 2.24) is 14.9 Å². The van der Waals surface area contributed by atoms with Crippen molar-refractivity contribution in [2.75, 3.05) is 4.90 Å². The summed E-state index contributed by atoms with van der Waals surface area (Å²) in [7, 11) is 0. The third-order valence-corrected chi connectivity index (χ3v) is 7.67. The highest BCUT2D eigenvalue weighted by atomic mass is 32.1. The smallest absolute Gasteiger partial charge is 0.337 e. The van der Waals surface area contributed by atoms with Crippen LogP contribution in [-0.2, 0) is 0 Å². The molecular formula is C33H28N4O3S. The zero-order chi connectivity index (χ0) is 28.5. The normalized spacial score (nSPS) is 16.4. The maximum absolute atomic E-state index is 12.1. The summed E-state index contributed by atoms with van der Waals surface area (Å²) in [5.74, 6) is 0.518. The zero-order valence-electron chi connectivity index (χ0n) is 22.6. The van der Waals surface area contributed by atoms with Crippen molar-refractivity contribution in [1.29, 1.82) is 0 Å². The molecule has 0 bridgehead atoms. The number of anilines is 1. The highest BCUT2D eigenvalue weighted by Crippen LogP contribution is 2.44. The summed E-state index contributed by atoms with van der Waals surface area (Å²) in [5, 5.41) is 14.0. The Morgan fingerprint density at radius 3 is 2.29 bits per heavy atom. The summed E-state index contributed by atoms with van der Waals surface area (Å²) in [4.78, 5) is 18.8. The Morgan fingerprint density at radius 2 is 1.59 bits per heavy atom. The molecule has 3 heterocycles. The highest BCUT2D eigenvalue weighted by molar-refractivity contribution is 7.80.